The molecule has 0 bridgehead atoms. The van der Waals surface area contributed by atoms with Crippen LogP contribution in [0.1, 0.15) is 5.56 Å². The van der Waals surface area contributed by atoms with E-state index in [1.807, 2.05) is 13.0 Å². The van der Waals surface area contributed by atoms with E-state index in [1.54, 1.807) is 16.4 Å². The summed E-state index contributed by atoms with van der Waals surface area (Å²) in [6.07, 6.45) is 0. The Morgan fingerprint density at radius 3 is 2.47 bits per heavy atom. The number of piperazine rings is 1. The predicted molar refractivity (Wildman–Crippen MR) is 73.1 cm³/mol. The lowest BCUT2D eigenvalue weighted by Gasteiger charge is -2.29. The molecule has 1 aliphatic rings. The van der Waals surface area contributed by atoms with Gasteiger partial charge in [-0.1, -0.05) is 6.07 Å². The van der Waals surface area contributed by atoms with Crippen molar-refractivity contribution in [2.45, 2.75) is 11.8 Å². The molecule has 1 N–H and O–H groups in total. The molecule has 1 aromatic carbocycles. The molecular formula is C13H21N2O3S+. The van der Waals surface area contributed by atoms with Gasteiger partial charge in [0.05, 0.1) is 40.3 Å². The first-order valence-corrected chi connectivity index (χ1v) is 7.85. The van der Waals surface area contributed by atoms with Gasteiger partial charge in [0, 0.05) is 0 Å². The predicted octanol–water partition coefficient (Wildman–Crippen LogP) is -0.477. The number of rotatable bonds is 3. The van der Waals surface area contributed by atoms with Crippen LogP contribution in [0.5, 0.6) is 5.75 Å². The van der Waals surface area contributed by atoms with Crippen molar-refractivity contribution >= 4 is 10.0 Å². The Morgan fingerprint density at radius 2 is 1.89 bits per heavy atom. The number of hydrogen-bond acceptors (Lipinski definition) is 3. The summed E-state index contributed by atoms with van der Waals surface area (Å²) in [5.74, 6) is 0.414. The van der Waals surface area contributed by atoms with Crippen molar-refractivity contribution in [1.82, 2.24) is 4.31 Å². The number of nitrogens with one attached hydrogen (secondary N) is 1. The SMILES string of the molecule is COc1ccc(C)cc1S(=O)(=O)N1CC[NH+](C)CC1. The fourth-order valence-corrected chi connectivity index (χ4v) is 3.91. The van der Waals surface area contributed by atoms with Crippen molar-refractivity contribution in [2.24, 2.45) is 0 Å². The Kier molecular flexibility index (Phi) is 4.13. The van der Waals surface area contributed by atoms with E-state index in [1.165, 1.54) is 12.0 Å². The van der Waals surface area contributed by atoms with Crippen LogP contribution in [0.25, 0.3) is 0 Å². The molecule has 0 unspecified atom stereocenters. The van der Waals surface area contributed by atoms with Crippen LogP contribution in [0, 0.1) is 6.92 Å². The van der Waals surface area contributed by atoms with Crippen molar-refractivity contribution in [3.05, 3.63) is 23.8 Å². The van der Waals surface area contributed by atoms with E-state index in [0.717, 1.165) is 18.7 Å². The fraction of sp³-hybridized carbons (Fsp3) is 0.538. The number of ether oxygens (including phenoxy) is 1. The molecule has 1 saturated heterocycles. The molecule has 6 heteroatoms. The third-order valence-corrected chi connectivity index (χ3v) is 5.43. The number of likely N-dealkylation sites (N-methyl/N-ethyl adjacent to an activating group) is 1. The average molecular weight is 285 g/mol. The minimum absolute atomic E-state index is 0.273. The van der Waals surface area contributed by atoms with Gasteiger partial charge in [-0.15, -0.1) is 0 Å². The van der Waals surface area contributed by atoms with Gasteiger partial charge in [-0.2, -0.15) is 4.31 Å². The van der Waals surface area contributed by atoms with Gasteiger partial charge < -0.3 is 9.64 Å². The van der Waals surface area contributed by atoms with Crippen molar-refractivity contribution in [1.29, 1.82) is 0 Å². The number of nitrogens with zero attached hydrogens (tertiary/aromatic N) is 1. The summed E-state index contributed by atoms with van der Waals surface area (Å²) >= 11 is 0. The number of sulfonamides is 1. The Balaban J connectivity index is 2.36. The molecule has 0 aliphatic carbocycles. The quantitative estimate of drug-likeness (QED) is 0.816. The van der Waals surface area contributed by atoms with Crippen LogP contribution < -0.4 is 9.64 Å². The molecule has 0 atom stereocenters. The maximum absolute atomic E-state index is 12.7. The lowest BCUT2D eigenvalue weighted by Crippen LogP contribution is -3.12. The zero-order valence-electron chi connectivity index (χ0n) is 11.6. The van der Waals surface area contributed by atoms with Gasteiger partial charge in [0.1, 0.15) is 10.6 Å². The minimum Gasteiger partial charge on any atom is -0.495 e. The number of hydrogen-bond donors (Lipinski definition) is 1. The third kappa shape index (κ3) is 2.91. The Labute approximate surface area is 114 Å². The summed E-state index contributed by atoms with van der Waals surface area (Å²) in [7, 11) is 0.123. The van der Waals surface area contributed by atoms with Crippen molar-refractivity contribution in [3.8, 4) is 5.75 Å². The highest BCUT2D eigenvalue weighted by Gasteiger charge is 2.31. The van der Waals surface area contributed by atoms with Crippen LogP contribution in [-0.2, 0) is 10.0 Å². The molecule has 0 spiro atoms. The standard InChI is InChI=1S/C13H20N2O3S/c1-11-4-5-12(18-3)13(10-11)19(16,17)15-8-6-14(2)7-9-15/h4-5,10H,6-9H2,1-3H3/p+1. The third-order valence-electron chi connectivity index (χ3n) is 3.51. The molecule has 106 valence electrons. The molecule has 5 nitrogen and oxygen atoms in total. The Hall–Kier alpha value is -1.11. The maximum atomic E-state index is 12.7. The highest BCUT2D eigenvalue weighted by atomic mass is 32.2. The van der Waals surface area contributed by atoms with E-state index < -0.39 is 10.0 Å². The van der Waals surface area contributed by atoms with Crippen molar-refractivity contribution in [3.63, 3.8) is 0 Å². The summed E-state index contributed by atoms with van der Waals surface area (Å²) in [5, 5.41) is 0. The number of quaternary nitrogens is 1. The van der Waals surface area contributed by atoms with Crippen molar-refractivity contribution in [2.75, 3.05) is 40.3 Å². The summed E-state index contributed by atoms with van der Waals surface area (Å²) in [6.45, 7) is 4.68. The molecule has 1 heterocycles. The summed E-state index contributed by atoms with van der Waals surface area (Å²) in [4.78, 5) is 1.64. The zero-order valence-corrected chi connectivity index (χ0v) is 12.5. The van der Waals surface area contributed by atoms with Gasteiger partial charge in [0.15, 0.2) is 0 Å². The number of aryl methyl sites for hydroxylation is 1. The van der Waals surface area contributed by atoms with Crippen LogP contribution >= 0.6 is 0 Å². The average Bonchev–Trinajstić information content (AvgIpc) is 2.39. The smallest absolute Gasteiger partial charge is 0.247 e. The van der Waals surface area contributed by atoms with E-state index in [-0.39, 0.29) is 4.90 Å². The normalized spacial score (nSPS) is 18.5. The molecular weight excluding hydrogens is 264 g/mol. The van der Waals surface area contributed by atoms with Gasteiger partial charge in [-0.3, -0.25) is 0 Å². The monoisotopic (exact) mass is 285 g/mol. The van der Waals surface area contributed by atoms with Crippen molar-refractivity contribution < 1.29 is 18.1 Å². The first-order valence-electron chi connectivity index (χ1n) is 6.41. The van der Waals surface area contributed by atoms with Gasteiger partial charge in [-0.25, -0.2) is 8.42 Å². The topological polar surface area (TPSA) is 51.1 Å². The first-order chi connectivity index (χ1) is 8.95. The van der Waals surface area contributed by atoms with Crippen LogP contribution in [-0.4, -0.2) is 53.1 Å². The van der Waals surface area contributed by atoms with Crippen LogP contribution in [0.15, 0.2) is 23.1 Å². The van der Waals surface area contributed by atoms with Gasteiger partial charge in [0.25, 0.3) is 0 Å². The largest absolute Gasteiger partial charge is 0.495 e. The molecule has 1 aromatic rings. The lowest BCUT2D eigenvalue weighted by molar-refractivity contribution is -0.883. The second kappa shape index (κ2) is 5.48. The fourth-order valence-electron chi connectivity index (χ4n) is 2.23. The second-order valence-corrected chi connectivity index (χ2v) is 6.92. The Bertz CT molecular complexity index is 549. The number of benzene rings is 1. The lowest BCUT2D eigenvalue weighted by atomic mass is 10.2. The molecule has 2 rings (SSSR count). The molecule has 0 saturated carbocycles. The van der Waals surface area contributed by atoms with E-state index in [9.17, 15) is 8.42 Å². The Morgan fingerprint density at radius 1 is 1.26 bits per heavy atom. The van der Waals surface area contributed by atoms with Crippen LogP contribution in [0.4, 0.5) is 0 Å². The van der Waals surface area contributed by atoms with Gasteiger partial charge in [0.2, 0.25) is 10.0 Å². The summed E-state index contributed by atoms with van der Waals surface area (Å²) < 4.78 is 32.1. The minimum atomic E-state index is -3.46. The van der Waals surface area contributed by atoms with Gasteiger partial charge >= 0.3 is 0 Å². The van der Waals surface area contributed by atoms with E-state index in [0.29, 0.717) is 18.8 Å². The first kappa shape index (κ1) is 14.3. The molecule has 0 amide bonds. The number of methoxy groups -OCH3 is 1. The van der Waals surface area contributed by atoms with Crippen LogP contribution in [0.3, 0.4) is 0 Å². The molecule has 0 radical (unpaired) electrons. The summed E-state index contributed by atoms with van der Waals surface area (Å²) in [6, 6.07) is 5.24. The summed E-state index contributed by atoms with van der Waals surface area (Å²) in [5.41, 5.74) is 0.916. The second-order valence-electron chi connectivity index (χ2n) is 5.02. The van der Waals surface area contributed by atoms with Crippen LogP contribution in [0.2, 0.25) is 0 Å². The van der Waals surface area contributed by atoms with E-state index >= 15 is 0 Å². The van der Waals surface area contributed by atoms with E-state index in [4.69, 9.17) is 4.74 Å². The zero-order chi connectivity index (χ0) is 14.0. The van der Waals surface area contributed by atoms with E-state index in [2.05, 4.69) is 7.05 Å². The molecule has 1 aliphatic heterocycles. The highest BCUT2D eigenvalue weighted by Crippen LogP contribution is 2.27. The molecule has 19 heavy (non-hydrogen) atoms. The maximum Gasteiger partial charge on any atom is 0.247 e. The van der Waals surface area contributed by atoms with Gasteiger partial charge in [-0.05, 0) is 24.6 Å². The highest BCUT2D eigenvalue weighted by molar-refractivity contribution is 7.89. The molecule has 1 fully saturated rings. The molecule has 0 aromatic heterocycles.